The lowest BCUT2D eigenvalue weighted by Crippen LogP contribution is -2.42. The highest BCUT2D eigenvalue weighted by atomic mass is 19.1. The van der Waals surface area contributed by atoms with Gasteiger partial charge in [0.15, 0.2) is 0 Å². The van der Waals surface area contributed by atoms with E-state index in [-0.39, 0.29) is 11.0 Å². The number of halogens is 2. The molecule has 19 heavy (non-hydrogen) atoms. The standard InChI is InChI=1S/C16H23F2N/c1-15(2)7-4-8-16(19,10-9-15)11-12-13(17)5-3-6-14(12)18/h3,5-6H,4,7-11,19H2,1-2H3. The maximum atomic E-state index is 13.7. The number of benzene rings is 1. The Balaban J connectivity index is 2.17. The molecule has 0 amide bonds. The van der Waals surface area contributed by atoms with Crippen LogP contribution in [0.3, 0.4) is 0 Å². The smallest absolute Gasteiger partial charge is 0.129 e. The third-order valence-electron chi connectivity index (χ3n) is 4.42. The lowest BCUT2D eigenvalue weighted by atomic mass is 9.81. The Bertz CT molecular complexity index is 436. The second-order valence-corrected chi connectivity index (χ2v) is 6.76. The number of hydrogen-bond acceptors (Lipinski definition) is 1. The first kappa shape index (κ1) is 14.4. The SMILES string of the molecule is CC1(C)CCCC(N)(Cc2c(F)cccc2F)CC1. The van der Waals surface area contributed by atoms with Gasteiger partial charge in [-0.15, -0.1) is 0 Å². The molecular weight excluding hydrogens is 244 g/mol. The molecule has 0 saturated heterocycles. The molecule has 1 fully saturated rings. The molecule has 0 aliphatic heterocycles. The highest BCUT2D eigenvalue weighted by molar-refractivity contribution is 5.22. The van der Waals surface area contributed by atoms with Crippen molar-refractivity contribution in [1.82, 2.24) is 0 Å². The summed E-state index contributed by atoms with van der Waals surface area (Å²) in [6.07, 6.45) is 5.13. The predicted octanol–water partition coefficient (Wildman–Crippen LogP) is 4.20. The minimum Gasteiger partial charge on any atom is -0.325 e. The Morgan fingerprint density at radius 1 is 1.05 bits per heavy atom. The van der Waals surface area contributed by atoms with Crippen molar-refractivity contribution in [3.05, 3.63) is 35.4 Å². The summed E-state index contributed by atoms with van der Waals surface area (Å²) >= 11 is 0. The summed E-state index contributed by atoms with van der Waals surface area (Å²) in [6.45, 7) is 4.48. The molecule has 0 heterocycles. The van der Waals surface area contributed by atoms with Crippen LogP contribution in [-0.4, -0.2) is 5.54 Å². The van der Waals surface area contributed by atoms with Crippen LogP contribution in [0.2, 0.25) is 0 Å². The fraction of sp³-hybridized carbons (Fsp3) is 0.625. The summed E-state index contributed by atoms with van der Waals surface area (Å²) in [6, 6.07) is 4.01. The predicted molar refractivity (Wildman–Crippen MR) is 73.8 cm³/mol. The monoisotopic (exact) mass is 267 g/mol. The molecule has 1 saturated carbocycles. The molecule has 1 aliphatic rings. The fourth-order valence-corrected chi connectivity index (χ4v) is 2.99. The van der Waals surface area contributed by atoms with E-state index in [9.17, 15) is 8.78 Å². The zero-order chi connectivity index (χ0) is 14.1. The number of hydrogen-bond donors (Lipinski definition) is 1. The van der Waals surface area contributed by atoms with Crippen molar-refractivity contribution in [2.24, 2.45) is 11.1 Å². The Labute approximate surface area is 114 Å². The average molecular weight is 267 g/mol. The van der Waals surface area contributed by atoms with Gasteiger partial charge >= 0.3 is 0 Å². The fourth-order valence-electron chi connectivity index (χ4n) is 2.99. The maximum Gasteiger partial charge on any atom is 0.129 e. The van der Waals surface area contributed by atoms with Crippen molar-refractivity contribution in [3.8, 4) is 0 Å². The van der Waals surface area contributed by atoms with E-state index in [4.69, 9.17) is 5.73 Å². The van der Waals surface area contributed by atoms with E-state index in [1.165, 1.54) is 18.2 Å². The first-order chi connectivity index (χ1) is 8.81. The van der Waals surface area contributed by atoms with Crippen LogP contribution < -0.4 is 5.73 Å². The first-order valence-corrected chi connectivity index (χ1v) is 7.03. The molecule has 1 aliphatic carbocycles. The number of rotatable bonds is 2. The van der Waals surface area contributed by atoms with Crippen molar-refractivity contribution >= 4 is 0 Å². The third kappa shape index (κ3) is 3.53. The molecule has 1 aromatic carbocycles. The summed E-state index contributed by atoms with van der Waals surface area (Å²) in [7, 11) is 0. The van der Waals surface area contributed by atoms with Gasteiger partial charge in [-0.2, -0.15) is 0 Å². The van der Waals surface area contributed by atoms with Gasteiger partial charge in [0.25, 0.3) is 0 Å². The lowest BCUT2D eigenvalue weighted by Gasteiger charge is -2.29. The maximum absolute atomic E-state index is 13.7. The van der Waals surface area contributed by atoms with Gasteiger partial charge in [-0.1, -0.05) is 26.3 Å². The Hall–Kier alpha value is -0.960. The van der Waals surface area contributed by atoms with Crippen LogP contribution in [-0.2, 0) is 6.42 Å². The van der Waals surface area contributed by atoms with Gasteiger partial charge in [-0.05, 0) is 49.7 Å². The topological polar surface area (TPSA) is 26.0 Å². The molecule has 3 heteroatoms. The molecule has 106 valence electrons. The van der Waals surface area contributed by atoms with E-state index in [0.29, 0.717) is 6.42 Å². The molecule has 1 nitrogen and oxygen atoms in total. The Morgan fingerprint density at radius 2 is 1.68 bits per heavy atom. The molecule has 0 bridgehead atoms. The van der Waals surface area contributed by atoms with Crippen molar-refractivity contribution < 1.29 is 8.78 Å². The quantitative estimate of drug-likeness (QED) is 0.799. The molecular formula is C16H23F2N. The van der Waals surface area contributed by atoms with E-state index in [1.807, 2.05) is 0 Å². The Morgan fingerprint density at radius 3 is 2.32 bits per heavy atom. The largest absolute Gasteiger partial charge is 0.325 e. The van der Waals surface area contributed by atoms with Gasteiger partial charge < -0.3 is 5.73 Å². The van der Waals surface area contributed by atoms with Gasteiger partial charge in [-0.25, -0.2) is 8.78 Å². The number of nitrogens with two attached hydrogens (primary N) is 1. The van der Waals surface area contributed by atoms with Gasteiger partial charge in [0.05, 0.1) is 0 Å². The van der Waals surface area contributed by atoms with Gasteiger partial charge in [0.1, 0.15) is 11.6 Å². The second kappa shape index (κ2) is 5.20. The summed E-state index contributed by atoms with van der Waals surface area (Å²) in [5.41, 5.74) is 6.37. The summed E-state index contributed by atoms with van der Waals surface area (Å²) in [5.74, 6) is -0.957. The second-order valence-electron chi connectivity index (χ2n) is 6.76. The van der Waals surface area contributed by atoms with E-state index < -0.39 is 17.2 Å². The molecule has 1 atom stereocenters. The minimum absolute atomic E-state index is 0.143. The van der Waals surface area contributed by atoms with Gasteiger partial charge in [0, 0.05) is 11.1 Å². The van der Waals surface area contributed by atoms with E-state index in [2.05, 4.69) is 13.8 Å². The molecule has 0 radical (unpaired) electrons. The molecule has 2 N–H and O–H groups in total. The third-order valence-corrected chi connectivity index (χ3v) is 4.42. The van der Waals surface area contributed by atoms with E-state index >= 15 is 0 Å². The molecule has 1 unspecified atom stereocenters. The minimum atomic E-state index is -0.478. The van der Waals surface area contributed by atoms with Crippen molar-refractivity contribution in [1.29, 1.82) is 0 Å². The van der Waals surface area contributed by atoms with Gasteiger partial charge in [0.2, 0.25) is 0 Å². The van der Waals surface area contributed by atoms with Crippen LogP contribution in [0.1, 0.15) is 51.5 Å². The molecule has 0 spiro atoms. The Kier molecular flexibility index (Phi) is 3.95. The molecule has 1 aromatic rings. The van der Waals surface area contributed by atoms with Crippen LogP contribution in [0.25, 0.3) is 0 Å². The van der Waals surface area contributed by atoms with Crippen molar-refractivity contribution in [3.63, 3.8) is 0 Å². The molecule has 0 aromatic heterocycles. The highest BCUT2D eigenvalue weighted by Crippen LogP contribution is 2.38. The molecule has 2 rings (SSSR count). The van der Waals surface area contributed by atoms with Crippen molar-refractivity contribution in [2.45, 2.75) is 57.9 Å². The van der Waals surface area contributed by atoms with Gasteiger partial charge in [-0.3, -0.25) is 0 Å². The van der Waals surface area contributed by atoms with Crippen LogP contribution >= 0.6 is 0 Å². The zero-order valence-corrected chi connectivity index (χ0v) is 11.8. The van der Waals surface area contributed by atoms with Crippen LogP contribution in [0.5, 0.6) is 0 Å². The zero-order valence-electron chi connectivity index (χ0n) is 11.8. The first-order valence-electron chi connectivity index (χ1n) is 7.03. The average Bonchev–Trinajstić information content (AvgIpc) is 2.44. The highest BCUT2D eigenvalue weighted by Gasteiger charge is 2.33. The van der Waals surface area contributed by atoms with E-state index in [0.717, 1.165) is 32.1 Å². The summed E-state index contributed by atoms with van der Waals surface area (Å²) < 4.78 is 27.5. The van der Waals surface area contributed by atoms with Crippen LogP contribution in [0.15, 0.2) is 18.2 Å². The summed E-state index contributed by atoms with van der Waals surface area (Å²) in [4.78, 5) is 0. The van der Waals surface area contributed by atoms with E-state index in [1.54, 1.807) is 0 Å². The van der Waals surface area contributed by atoms with Crippen LogP contribution in [0.4, 0.5) is 8.78 Å². The lowest BCUT2D eigenvalue weighted by molar-refractivity contribution is 0.295. The normalized spacial score (nSPS) is 27.0. The van der Waals surface area contributed by atoms with Crippen molar-refractivity contribution in [2.75, 3.05) is 0 Å². The summed E-state index contributed by atoms with van der Waals surface area (Å²) in [5, 5.41) is 0. The van der Waals surface area contributed by atoms with Crippen LogP contribution in [0, 0.1) is 17.0 Å².